The Labute approximate surface area is 48.7 Å². The van der Waals surface area contributed by atoms with E-state index < -0.39 is 0 Å². The van der Waals surface area contributed by atoms with Crippen molar-refractivity contribution in [3.8, 4) is 0 Å². The summed E-state index contributed by atoms with van der Waals surface area (Å²) in [5, 5.41) is 0. The quantitative estimate of drug-likeness (QED) is 0.580. The van der Waals surface area contributed by atoms with E-state index in [9.17, 15) is 0 Å². The largest absolute Gasteiger partial charge is 0.324 e. The Balaban J connectivity index is 2.13. The van der Waals surface area contributed by atoms with Crippen LogP contribution in [0.2, 0.25) is 0 Å². The van der Waals surface area contributed by atoms with E-state index in [1.807, 2.05) is 11.8 Å². The summed E-state index contributed by atoms with van der Waals surface area (Å²) < 4.78 is 0. The molecule has 1 nitrogen and oxygen atoms in total. The van der Waals surface area contributed by atoms with Gasteiger partial charge < -0.3 is 5.73 Å². The van der Waals surface area contributed by atoms with Gasteiger partial charge in [-0.1, -0.05) is 0 Å². The minimum Gasteiger partial charge on any atom is -0.324 e. The number of thioether (sulfide) groups is 1. The molecule has 0 aromatic carbocycles. The van der Waals surface area contributed by atoms with E-state index in [-0.39, 0.29) is 5.54 Å². The Morgan fingerprint density at radius 2 is 2.29 bits per heavy atom. The normalized spacial score (nSPS) is 24.9. The van der Waals surface area contributed by atoms with Gasteiger partial charge in [-0.15, -0.1) is 0 Å². The lowest BCUT2D eigenvalue weighted by Gasteiger charge is -2.01. The second kappa shape index (κ2) is 1.67. The predicted octanol–water partition coefficient (Wildman–Crippen LogP) is 0.841. The van der Waals surface area contributed by atoms with Crippen molar-refractivity contribution in [1.29, 1.82) is 0 Å². The van der Waals surface area contributed by atoms with Crippen LogP contribution in [0.4, 0.5) is 0 Å². The van der Waals surface area contributed by atoms with Crippen molar-refractivity contribution in [1.82, 2.24) is 0 Å². The average Bonchev–Trinajstić information content (AvgIpc) is 2.22. The van der Waals surface area contributed by atoms with Crippen LogP contribution >= 0.6 is 11.8 Å². The van der Waals surface area contributed by atoms with Crippen molar-refractivity contribution in [3.05, 3.63) is 0 Å². The summed E-state index contributed by atoms with van der Waals surface area (Å²) in [6.07, 6.45) is 4.59. The zero-order valence-corrected chi connectivity index (χ0v) is 5.42. The topological polar surface area (TPSA) is 26.0 Å². The first kappa shape index (κ1) is 5.45. The van der Waals surface area contributed by atoms with E-state index in [4.69, 9.17) is 5.73 Å². The molecule has 0 atom stereocenters. The van der Waals surface area contributed by atoms with Crippen molar-refractivity contribution < 1.29 is 0 Å². The van der Waals surface area contributed by atoms with Gasteiger partial charge in [0.15, 0.2) is 0 Å². The maximum Gasteiger partial charge on any atom is 0.0247 e. The first-order valence-corrected chi connectivity index (χ1v) is 3.94. The van der Waals surface area contributed by atoms with Crippen LogP contribution in [0.5, 0.6) is 0 Å². The fourth-order valence-corrected chi connectivity index (χ4v) is 1.46. The molecule has 0 aromatic rings. The fourth-order valence-electron chi connectivity index (χ4n) is 0.592. The summed E-state index contributed by atoms with van der Waals surface area (Å²) in [5.74, 6) is 1.15. The van der Waals surface area contributed by atoms with E-state index in [0.29, 0.717) is 0 Å². The smallest absolute Gasteiger partial charge is 0.0247 e. The Bertz CT molecular complexity index is 68.5. The zero-order valence-electron chi connectivity index (χ0n) is 4.61. The van der Waals surface area contributed by atoms with E-state index >= 15 is 0 Å². The number of hydrogen-bond acceptors (Lipinski definition) is 2. The van der Waals surface area contributed by atoms with E-state index in [0.717, 1.165) is 5.75 Å². The molecule has 1 aliphatic rings. The molecule has 1 rings (SSSR count). The molecule has 0 spiro atoms. The van der Waals surface area contributed by atoms with Crippen LogP contribution in [0, 0.1) is 0 Å². The third-order valence-electron chi connectivity index (χ3n) is 1.32. The molecule has 0 aromatic heterocycles. The van der Waals surface area contributed by atoms with Gasteiger partial charge in [-0.2, -0.15) is 11.8 Å². The van der Waals surface area contributed by atoms with Crippen LogP contribution in [0.3, 0.4) is 0 Å². The summed E-state index contributed by atoms with van der Waals surface area (Å²) in [7, 11) is 0. The third-order valence-corrected chi connectivity index (χ3v) is 2.19. The molecule has 1 aliphatic carbocycles. The van der Waals surface area contributed by atoms with Crippen molar-refractivity contribution in [3.63, 3.8) is 0 Å². The minimum atomic E-state index is 0.263. The van der Waals surface area contributed by atoms with Crippen molar-refractivity contribution >= 4 is 11.8 Å². The van der Waals surface area contributed by atoms with Gasteiger partial charge in [-0.3, -0.25) is 0 Å². The Hall–Kier alpha value is 0.310. The zero-order chi connectivity index (χ0) is 5.33. The van der Waals surface area contributed by atoms with Crippen molar-refractivity contribution in [2.45, 2.75) is 18.4 Å². The second-order valence-electron chi connectivity index (χ2n) is 2.30. The number of nitrogens with two attached hydrogens (primary N) is 1. The van der Waals surface area contributed by atoms with Crippen LogP contribution in [0.1, 0.15) is 12.8 Å². The van der Waals surface area contributed by atoms with Gasteiger partial charge in [0.1, 0.15) is 0 Å². The molecule has 0 aliphatic heterocycles. The molecule has 0 saturated heterocycles. The summed E-state index contributed by atoms with van der Waals surface area (Å²) in [4.78, 5) is 0. The van der Waals surface area contributed by atoms with Gasteiger partial charge in [-0.25, -0.2) is 0 Å². The number of hydrogen-bond donors (Lipinski definition) is 1. The highest BCUT2D eigenvalue weighted by Crippen LogP contribution is 2.34. The Kier molecular flexibility index (Phi) is 1.30. The standard InChI is InChI=1S/C5H11NS/c1-7-4-5(6)2-3-5/h2-4,6H2,1H3. The van der Waals surface area contributed by atoms with Crippen LogP contribution in [0.15, 0.2) is 0 Å². The molecule has 0 heterocycles. The van der Waals surface area contributed by atoms with E-state index in [2.05, 4.69) is 6.26 Å². The molecule has 42 valence electrons. The molecule has 2 N–H and O–H groups in total. The summed E-state index contributed by atoms with van der Waals surface area (Å²) >= 11 is 1.85. The Morgan fingerprint density at radius 3 is 2.43 bits per heavy atom. The highest BCUT2D eigenvalue weighted by Gasteiger charge is 2.36. The minimum absolute atomic E-state index is 0.263. The molecular weight excluding hydrogens is 106 g/mol. The maximum atomic E-state index is 5.74. The maximum absolute atomic E-state index is 5.74. The molecule has 7 heavy (non-hydrogen) atoms. The lowest BCUT2D eigenvalue weighted by molar-refractivity contribution is 0.777. The van der Waals surface area contributed by atoms with Crippen LogP contribution in [-0.2, 0) is 0 Å². The molecular formula is C5H11NS. The third kappa shape index (κ3) is 1.35. The summed E-state index contributed by atoms with van der Waals surface area (Å²) in [6, 6.07) is 0. The predicted molar refractivity (Wildman–Crippen MR) is 34.5 cm³/mol. The van der Waals surface area contributed by atoms with E-state index in [1.54, 1.807) is 0 Å². The van der Waals surface area contributed by atoms with Gasteiger partial charge in [0, 0.05) is 11.3 Å². The second-order valence-corrected chi connectivity index (χ2v) is 3.16. The molecule has 0 unspecified atom stereocenters. The molecule has 0 bridgehead atoms. The fraction of sp³-hybridized carbons (Fsp3) is 1.00. The highest BCUT2D eigenvalue weighted by molar-refractivity contribution is 7.98. The first-order chi connectivity index (χ1) is 3.27. The SMILES string of the molecule is CSCC1(N)CC1. The van der Waals surface area contributed by atoms with Gasteiger partial charge in [0.2, 0.25) is 0 Å². The van der Waals surface area contributed by atoms with Gasteiger partial charge in [0.25, 0.3) is 0 Å². The van der Waals surface area contributed by atoms with E-state index in [1.165, 1.54) is 12.8 Å². The lowest BCUT2D eigenvalue weighted by atomic mass is 10.4. The summed E-state index contributed by atoms with van der Waals surface area (Å²) in [5.41, 5.74) is 6.00. The van der Waals surface area contributed by atoms with Gasteiger partial charge >= 0.3 is 0 Å². The highest BCUT2D eigenvalue weighted by atomic mass is 32.2. The lowest BCUT2D eigenvalue weighted by Crippen LogP contribution is -2.24. The van der Waals surface area contributed by atoms with Crippen LogP contribution < -0.4 is 5.73 Å². The van der Waals surface area contributed by atoms with Crippen LogP contribution in [0.25, 0.3) is 0 Å². The first-order valence-electron chi connectivity index (χ1n) is 2.55. The van der Waals surface area contributed by atoms with Crippen LogP contribution in [-0.4, -0.2) is 17.5 Å². The van der Waals surface area contributed by atoms with Crippen molar-refractivity contribution in [2.24, 2.45) is 5.73 Å². The molecule has 0 radical (unpaired) electrons. The molecule has 2 heteroatoms. The van der Waals surface area contributed by atoms with Gasteiger partial charge in [0.05, 0.1) is 0 Å². The average molecular weight is 117 g/mol. The molecule has 0 amide bonds. The Morgan fingerprint density at radius 1 is 1.71 bits per heavy atom. The molecule has 1 fully saturated rings. The summed E-state index contributed by atoms with van der Waals surface area (Å²) in [6.45, 7) is 0. The monoisotopic (exact) mass is 117 g/mol. The number of rotatable bonds is 2. The van der Waals surface area contributed by atoms with Gasteiger partial charge in [-0.05, 0) is 19.1 Å². The van der Waals surface area contributed by atoms with Crippen molar-refractivity contribution in [2.75, 3.05) is 12.0 Å². The molecule has 1 saturated carbocycles.